The minimum atomic E-state index is -5.10. The highest BCUT2D eigenvalue weighted by molar-refractivity contribution is 7.48. The minimum absolute atomic E-state index is 0.00630. The molecule has 328 valence electrons. The lowest BCUT2D eigenvalue weighted by molar-refractivity contribution is -0.0594. The molecular weight excluding hydrogens is 853 g/mol. The van der Waals surface area contributed by atoms with Gasteiger partial charge in [-0.15, -0.1) is 0 Å². The van der Waals surface area contributed by atoms with Gasteiger partial charge < -0.3 is 50.8 Å². The van der Waals surface area contributed by atoms with E-state index in [1.807, 2.05) is 4.90 Å². The summed E-state index contributed by atoms with van der Waals surface area (Å²) in [5.41, 5.74) is 12.6. The van der Waals surface area contributed by atoms with Crippen LogP contribution in [0.15, 0.2) is 23.6 Å². The van der Waals surface area contributed by atoms with Crippen LogP contribution in [0.3, 0.4) is 0 Å². The molecule has 6 rings (SSSR count). The van der Waals surface area contributed by atoms with Crippen molar-refractivity contribution in [3.8, 4) is 0 Å². The monoisotopic (exact) mass is 898 g/mol. The van der Waals surface area contributed by atoms with E-state index in [9.17, 15) is 33.2 Å². The molecule has 2 fully saturated rings. The van der Waals surface area contributed by atoms with Crippen molar-refractivity contribution >= 4 is 57.4 Å². The van der Waals surface area contributed by atoms with Gasteiger partial charge in [-0.25, -0.2) is 28.6 Å². The number of aliphatic hydroxyl groups is 2. The maximum Gasteiger partial charge on any atom is 0.472 e. The van der Waals surface area contributed by atoms with Crippen LogP contribution in [0.25, 0.3) is 22.2 Å². The fourth-order valence-corrected chi connectivity index (χ4v) is 9.33. The normalized spacial score (nSPS) is 25.7. The summed E-state index contributed by atoms with van der Waals surface area (Å²) in [7, 11) is -13.4. The van der Waals surface area contributed by atoms with Crippen LogP contribution < -0.4 is 17.0 Å². The number of ether oxygens (including phenoxy) is 2. The lowest BCUT2D eigenvalue weighted by Gasteiger charge is -2.26. The van der Waals surface area contributed by atoms with Crippen LogP contribution in [0.2, 0.25) is 0 Å². The van der Waals surface area contributed by atoms with Gasteiger partial charge in [0.05, 0.1) is 44.4 Å². The van der Waals surface area contributed by atoms with E-state index in [4.69, 9.17) is 58.3 Å². The van der Waals surface area contributed by atoms with E-state index in [0.717, 1.165) is 0 Å². The number of phosphoric ester groups is 3. The number of phosphoric acid groups is 3. The van der Waals surface area contributed by atoms with E-state index in [0.29, 0.717) is 16.6 Å². The Labute approximate surface area is 333 Å². The molecule has 0 saturated carbocycles. The standard InChI is InChI=1S/C29H45N10O17P3/c1-49-24-23(56-58(45,46)51-7-3-5-41)19(54-28(24)39-15-35-22-26(39)36-29(31)37-27(22)42)13-53-59(47,48)55-18-11-38(9-16-8-32-21-20(16)33-14-34-25(21)30)10-17(18)12-52-57(43,44)50-6-2-4-40/h8,14-15,17-19,23-24,28,32,40-41H,2-7,9-13H2,1H3,(H,43,44)(H,45,46)(H,47,48)(H2,30,33,34)(H3,31,36,37,42)/t17-,18+,19-,23-,24-,28-/m1/s1. The van der Waals surface area contributed by atoms with E-state index in [2.05, 4.69) is 29.9 Å². The van der Waals surface area contributed by atoms with Crippen molar-refractivity contribution < 1.29 is 75.2 Å². The molecule has 27 nitrogen and oxygen atoms in total. The lowest BCUT2D eigenvalue weighted by atomic mass is 10.1. The summed E-state index contributed by atoms with van der Waals surface area (Å²) in [5.74, 6) is -0.855. The Morgan fingerprint density at radius 3 is 2.31 bits per heavy atom. The second-order valence-electron chi connectivity index (χ2n) is 13.3. The van der Waals surface area contributed by atoms with Crippen molar-refractivity contribution in [2.75, 3.05) is 71.3 Å². The Kier molecular flexibility index (Phi) is 14.7. The molecule has 4 aromatic rings. The molecule has 0 aliphatic carbocycles. The quantitative estimate of drug-likeness (QED) is 0.0355. The third kappa shape index (κ3) is 11.2. The van der Waals surface area contributed by atoms with Crippen LogP contribution in [0.1, 0.15) is 24.6 Å². The average molecular weight is 899 g/mol. The number of likely N-dealkylation sites (tertiary alicyclic amines) is 1. The Balaban J connectivity index is 1.21. The first-order valence-corrected chi connectivity index (χ1v) is 22.4. The highest BCUT2D eigenvalue weighted by Gasteiger charge is 2.51. The minimum Gasteiger partial charge on any atom is -0.396 e. The van der Waals surface area contributed by atoms with Crippen molar-refractivity contribution in [1.82, 2.24) is 39.4 Å². The average Bonchev–Trinajstić information content (AvgIpc) is 3.95. The molecule has 0 radical (unpaired) electrons. The molecule has 2 aliphatic rings. The van der Waals surface area contributed by atoms with Gasteiger partial charge in [0.1, 0.15) is 30.2 Å². The van der Waals surface area contributed by atoms with Gasteiger partial charge in [0, 0.05) is 57.6 Å². The Morgan fingerprint density at radius 1 is 0.898 bits per heavy atom. The van der Waals surface area contributed by atoms with Gasteiger partial charge in [-0.05, 0) is 12.8 Å². The second kappa shape index (κ2) is 19.2. The van der Waals surface area contributed by atoms with Gasteiger partial charge >= 0.3 is 23.5 Å². The summed E-state index contributed by atoms with van der Waals surface area (Å²) in [4.78, 5) is 67.9. The van der Waals surface area contributed by atoms with Gasteiger partial charge in [-0.1, -0.05) is 0 Å². The highest BCUT2D eigenvalue weighted by atomic mass is 31.2. The van der Waals surface area contributed by atoms with Gasteiger partial charge in [0.25, 0.3) is 5.56 Å². The molecule has 0 aromatic carbocycles. The van der Waals surface area contributed by atoms with E-state index in [1.54, 1.807) is 6.20 Å². The molecule has 3 unspecified atom stereocenters. The lowest BCUT2D eigenvalue weighted by Crippen LogP contribution is -2.37. The maximum absolute atomic E-state index is 13.7. The van der Waals surface area contributed by atoms with Gasteiger partial charge in [-0.2, -0.15) is 4.98 Å². The van der Waals surface area contributed by atoms with Gasteiger partial charge in [-0.3, -0.25) is 46.4 Å². The van der Waals surface area contributed by atoms with E-state index in [-0.39, 0.29) is 81.8 Å². The fourth-order valence-electron chi connectivity index (χ4n) is 6.55. The number of imidazole rings is 1. The topological polar surface area (TPSA) is 387 Å². The summed E-state index contributed by atoms with van der Waals surface area (Å²) in [6, 6.07) is 0. The van der Waals surface area contributed by atoms with Crippen LogP contribution in [0, 0.1) is 5.92 Å². The molecule has 30 heteroatoms. The first kappa shape index (κ1) is 45.2. The number of H-pyrrole nitrogens is 2. The van der Waals surface area contributed by atoms with E-state index >= 15 is 0 Å². The number of aromatic nitrogens is 7. The summed E-state index contributed by atoms with van der Waals surface area (Å²) < 4.78 is 83.8. The van der Waals surface area contributed by atoms with Crippen molar-refractivity contribution in [2.24, 2.45) is 5.92 Å². The number of nitrogens with two attached hydrogens (primary N) is 2. The molecule has 0 spiro atoms. The number of hydrogen-bond donors (Lipinski definition) is 9. The number of methoxy groups -OCH3 is 1. The predicted octanol–water partition coefficient (Wildman–Crippen LogP) is -0.497. The largest absolute Gasteiger partial charge is 0.472 e. The van der Waals surface area contributed by atoms with E-state index in [1.165, 1.54) is 24.3 Å². The van der Waals surface area contributed by atoms with Crippen molar-refractivity contribution in [3.05, 3.63) is 34.8 Å². The molecule has 9 atom stereocenters. The van der Waals surface area contributed by atoms with Crippen molar-refractivity contribution in [2.45, 2.75) is 50.0 Å². The number of anilines is 2. The Bertz CT molecular complexity index is 2260. The number of hydrogen-bond acceptors (Lipinski definition) is 21. The number of nitrogens with zero attached hydrogens (tertiary/aromatic N) is 6. The number of rotatable bonds is 22. The summed E-state index contributed by atoms with van der Waals surface area (Å²) in [6.07, 6.45) is -2.59. The fraction of sp³-hybridized carbons (Fsp3) is 0.621. The van der Waals surface area contributed by atoms with Crippen LogP contribution in [-0.4, -0.2) is 149 Å². The third-order valence-corrected chi connectivity index (χ3v) is 12.2. The molecular formula is C29H45N10O17P3. The molecule has 59 heavy (non-hydrogen) atoms. The number of nitrogens with one attached hydrogen (secondary N) is 2. The molecule has 11 N–H and O–H groups in total. The van der Waals surface area contributed by atoms with E-state index < -0.39 is 78.8 Å². The number of nitrogen functional groups attached to an aromatic ring is 2. The molecule has 2 aliphatic heterocycles. The van der Waals surface area contributed by atoms with Gasteiger partial charge in [0.2, 0.25) is 5.95 Å². The summed E-state index contributed by atoms with van der Waals surface area (Å²) in [6.45, 7) is -2.26. The smallest absolute Gasteiger partial charge is 0.396 e. The highest BCUT2D eigenvalue weighted by Crippen LogP contribution is 2.52. The molecule has 0 amide bonds. The zero-order chi connectivity index (χ0) is 42.5. The SMILES string of the molecule is CO[C@@H]1[C@H](OP(=O)(O)OCCCO)[C@@H](COP(=O)(O)O[C@H]2CN(Cc3c[nH]c4c(N)ncnc34)C[C@@H]2COP(=O)(O)OCCCO)O[C@H]1n1cnc2c(=O)[nH]c(N)nc21. The summed E-state index contributed by atoms with van der Waals surface area (Å²) >= 11 is 0. The third-order valence-electron chi connectivity index (χ3n) is 9.20. The van der Waals surface area contributed by atoms with Crippen LogP contribution >= 0.6 is 23.5 Å². The molecule has 6 heterocycles. The van der Waals surface area contributed by atoms with Gasteiger partial charge in [0.15, 0.2) is 23.2 Å². The van der Waals surface area contributed by atoms with Crippen LogP contribution in [-0.2, 0) is 56.9 Å². The Hall–Kier alpha value is -3.30. The predicted molar refractivity (Wildman–Crippen MR) is 201 cm³/mol. The van der Waals surface area contributed by atoms with Crippen LogP contribution in [0.5, 0.6) is 0 Å². The molecule has 0 bridgehead atoms. The van der Waals surface area contributed by atoms with Crippen LogP contribution in [0.4, 0.5) is 11.8 Å². The maximum atomic E-state index is 13.7. The van der Waals surface area contributed by atoms with Crippen molar-refractivity contribution in [3.63, 3.8) is 0 Å². The number of aliphatic hydroxyl groups excluding tert-OH is 2. The second-order valence-corrected chi connectivity index (χ2v) is 17.6. The zero-order valence-corrected chi connectivity index (χ0v) is 34.0. The summed E-state index contributed by atoms with van der Waals surface area (Å²) in [5, 5.41) is 18.1. The zero-order valence-electron chi connectivity index (χ0n) is 31.3. The molecule has 2 saturated heterocycles. The first-order valence-electron chi connectivity index (χ1n) is 17.9. The number of fused-ring (bicyclic) bond motifs is 2. The van der Waals surface area contributed by atoms with Crippen molar-refractivity contribution in [1.29, 1.82) is 0 Å². The first-order chi connectivity index (χ1) is 28.0. The number of aromatic amines is 2. The molecule has 4 aromatic heterocycles. The Morgan fingerprint density at radius 2 is 1.59 bits per heavy atom.